The normalized spacial score (nSPS) is 25.4. The molecule has 3 rings (SSSR count). The summed E-state index contributed by atoms with van der Waals surface area (Å²) in [4.78, 5) is 22.4. The Morgan fingerprint density at radius 3 is 2.75 bits per heavy atom. The van der Waals surface area contributed by atoms with Crippen LogP contribution in [0, 0.1) is 11.8 Å². The molecule has 0 unspecified atom stereocenters. The average Bonchev–Trinajstić information content (AvgIpc) is 2.62. The number of piperidine rings is 1. The van der Waals surface area contributed by atoms with Crippen LogP contribution in [0.5, 0.6) is 0 Å². The van der Waals surface area contributed by atoms with Gasteiger partial charge in [0.05, 0.1) is 6.20 Å². The molecule has 1 N–H and O–H groups in total. The Balaban J connectivity index is 1.46. The van der Waals surface area contributed by atoms with Crippen molar-refractivity contribution in [1.82, 2.24) is 20.2 Å². The maximum Gasteiger partial charge on any atom is 0.274 e. The lowest BCUT2D eigenvalue weighted by molar-refractivity contribution is 0.0697. The number of nitrogens with zero attached hydrogens (tertiary/aromatic N) is 3. The van der Waals surface area contributed by atoms with Crippen molar-refractivity contribution in [1.29, 1.82) is 0 Å². The molecule has 1 aromatic rings. The first-order chi connectivity index (χ1) is 11.6. The molecule has 0 spiro atoms. The molecule has 1 fully saturated rings. The molecule has 1 saturated heterocycles. The Bertz CT molecular complexity index is 578. The van der Waals surface area contributed by atoms with Crippen molar-refractivity contribution in [3.63, 3.8) is 0 Å². The molecule has 0 saturated carbocycles. The Kier molecular flexibility index (Phi) is 5.61. The van der Waals surface area contributed by atoms with Crippen LogP contribution in [0.4, 0.5) is 0 Å². The van der Waals surface area contributed by atoms with Crippen LogP contribution in [0.15, 0.2) is 30.2 Å². The standard InChI is InChI=1S/C19H28N4O/c1-14-4-3-5-15(2)17(14)12-22-16-6-10-23(11-7-16)19(24)18-13-20-8-9-21-18/h4,8-9,13,15-17,22H,3,5-7,10-12H2,1-2H3/t15-,17-/m0/s1. The summed E-state index contributed by atoms with van der Waals surface area (Å²) in [5, 5.41) is 3.74. The van der Waals surface area contributed by atoms with E-state index in [1.165, 1.54) is 18.4 Å². The highest BCUT2D eigenvalue weighted by molar-refractivity contribution is 5.92. The first-order valence-corrected chi connectivity index (χ1v) is 9.10. The highest BCUT2D eigenvalue weighted by Crippen LogP contribution is 2.29. The lowest BCUT2D eigenvalue weighted by Gasteiger charge is -2.35. The van der Waals surface area contributed by atoms with Gasteiger partial charge < -0.3 is 10.2 Å². The smallest absolute Gasteiger partial charge is 0.274 e. The molecular weight excluding hydrogens is 300 g/mol. The van der Waals surface area contributed by atoms with Crippen LogP contribution < -0.4 is 5.32 Å². The zero-order valence-electron chi connectivity index (χ0n) is 14.7. The first-order valence-electron chi connectivity index (χ1n) is 9.10. The van der Waals surface area contributed by atoms with Gasteiger partial charge in [-0.15, -0.1) is 0 Å². The van der Waals surface area contributed by atoms with Crippen molar-refractivity contribution in [2.75, 3.05) is 19.6 Å². The molecule has 1 aromatic heterocycles. The Labute approximate surface area is 144 Å². The molecule has 2 atom stereocenters. The number of allylic oxidation sites excluding steroid dienone is 1. The van der Waals surface area contributed by atoms with Gasteiger partial charge in [-0.2, -0.15) is 0 Å². The summed E-state index contributed by atoms with van der Waals surface area (Å²) >= 11 is 0. The van der Waals surface area contributed by atoms with E-state index in [-0.39, 0.29) is 5.91 Å². The van der Waals surface area contributed by atoms with Gasteiger partial charge in [-0.05, 0) is 44.4 Å². The summed E-state index contributed by atoms with van der Waals surface area (Å²) in [6.07, 6.45) is 11.7. The summed E-state index contributed by atoms with van der Waals surface area (Å²) in [5.41, 5.74) is 1.98. The number of hydrogen-bond acceptors (Lipinski definition) is 4. The van der Waals surface area contributed by atoms with Crippen molar-refractivity contribution in [3.8, 4) is 0 Å². The van der Waals surface area contributed by atoms with Crippen molar-refractivity contribution in [2.24, 2.45) is 11.8 Å². The Hall–Kier alpha value is -1.75. The summed E-state index contributed by atoms with van der Waals surface area (Å²) in [7, 11) is 0. The molecule has 1 aliphatic heterocycles. The second-order valence-electron chi connectivity index (χ2n) is 7.17. The van der Waals surface area contributed by atoms with E-state index in [0.29, 0.717) is 17.7 Å². The van der Waals surface area contributed by atoms with E-state index in [9.17, 15) is 4.79 Å². The number of nitrogens with one attached hydrogen (secondary N) is 1. The van der Waals surface area contributed by atoms with E-state index in [2.05, 4.69) is 35.2 Å². The highest BCUT2D eigenvalue weighted by Gasteiger charge is 2.26. The van der Waals surface area contributed by atoms with E-state index in [1.54, 1.807) is 18.6 Å². The molecule has 1 amide bonds. The van der Waals surface area contributed by atoms with Gasteiger partial charge >= 0.3 is 0 Å². The fourth-order valence-electron chi connectivity index (χ4n) is 3.89. The molecule has 5 heteroatoms. The van der Waals surface area contributed by atoms with Crippen LogP contribution in [0.25, 0.3) is 0 Å². The van der Waals surface area contributed by atoms with Gasteiger partial charge in [0.15, 0.2) is 0 Å². The van der Waals surface area contributed by atoms with E-state index < -0.39 is 0 Å². The first kappa shape index (κ1) is 17.1. The number of hydrogen-bond donors (Lipinski definition) is 1. The molecule has 2 aliphatic rings. The second-order valence-corrected chi connectivity index (χ2v) is 7.17. The van der Waals surface area contributed by atoms with Crippen LogP contribution in [0.1, 0.15) is 50.0 Å². The van der Waals surface area contributed by atoms with Crippen LogP contribution in [-0.4, -0.2) is 46.5 Å². The SMILES string of the molecule is CC1=CCC[C@H](C)[C@H]1CNC1CCN(C(=O)c2cnccn2)CC1. The third-order valence-corrected chi connectivity index (χ3v) is 5.55. The summed E-state index contributed by atoms with van der Waals surface area (Å²) in [6.45, 7) is 7.28. The van der Waals surface area contributed by atoms with Crippen LogP contribution in [-0.2, 0) is 0 Å². The van der Waals surface area contributed by atoms with Crippen molar-refractivity contribution in [3.05, 3.63) is 35.9 Å². The number of likely N-dealkylation sites (tertiary alicyclic amines) is 1. The number of carbonyl (C=O) groups excluding carboxylic acids is 1. The van der Waals surface area contributed by atoms with Crippen LogP contribution >= 0.6 is 0 Å². The molecular formula is C19H28N4O. The third kappa shape index (κ3) is 4.01. The molecule has 5 nitrogen and oxygen atoms in total. The van der Waals surface area contributed by atoms with Gasteiger partial charge in [-0.3, -0.25) is 9.78 Å². The summed E-state index contributed by atoms with van der Waals surface area (Å²) in [6, 6.07) is 0.512. The van der Waals surface area contributed by atoms with Crippen molar-refractivity contribution < 1.29 is 4.79 Å². The predicted molar refractivity (Wildman–Crippen MR) is 94.6 cm³/mol. The zero-order valence-corrected chi connectivity index (χ0v) is 14.7. The van der Waals surface area contributed by atoms with E-state index in [0.717, 1.165) is 38.4 Å². The predicted octanol–water partition coefficient (Wildman–Crippen LogP) is 2.66. The zero-order chi connectivity index (χ0) is 16.9. The monoisotopic (exact) mass is 328 g/mol. The lowest BCUT2D eigenvalue weighted by Crippen LogP contribution is -2.46. The molecule has 0 radical (unpaired) electrons. The number of amides is 1. The molecule has 0 bridgehead atoms. The minimum atomic E-state index is 0.00114. The minimum absolute atomic E-state index is 0.00114. The Morgan fingerprint density at radius 2 is 2.08 bits per heavy atom. The molecule has 1 aliphatic carbocycles. The van der Waals surface area contributed by atoms with E-state index in [1.807, 2.05) is 4.90 Å². The quantitative estimate of drug-likeness (QED) is 0.863. The van der Waals surface area contributed by atoms with Gasteiger partial charge in [0, 0.05) is 38.1 Å². The van der Waals surface area contributed by atoms with Gasteiger partial charge in [-0.25, -0.2) is 4.98 Å². The third-order valence-electron chi connectivity index (χ3n) is 5.55. The van der Waals surface area contributed by atoms with Gasteiger partial charge in [-0.1, -0.05) is 18.6 Å². The van der Waals surface area contributed by atoms with E-state index >= 15 is 0 Å². The molecule has 24 heavy (non-hydrogen) atoms. The molecule has 2 heterocycles. The van der Waals surface area contributed by atoms with Crippen LogP contribution in [0.3, 0.4) is 0 Å². The largest absolute Gasteiger partial charge is 0.337 e. The summed E-state index contributed by atoms with van der Waals surface area (Å²) < 4.78 is 0. The maximum atomic E-state index is 12.4. The van der Waals surface area contributed by atoms with E-state index in [4.69, 9.17) is 0 Å². The highest BCUT2D eigenvalue weighted by atomic mass is 16.2. The Morgan fingerprint density at radius 1 is 1.29 bits per heavy atom. The topological polar surface area (TPSA) is 58.1 Å². The lowest BCUT2D eigenvalue weighted by atomic mass is 9.80. The van der Waals surface area contributed by atoms with Crippen molar-refractivity contribution in [2.45, 2.75) is 45.6 Å². The molecule has 130 valence electrons. The average molecular weight is 328 g/mol. The minimum Gasteiger partial charge on any atom is -0.337 e. The fraction of sp³-hybridized carbons (Fsp3) is 0.632. The number of rotatable bonds is 4. The second kappa shape index (κ2) is 7.88. The van der Waals surface area contributed by atoms with Gasteiger partial charge in [0.25, 0.3) is 5.91 Å². The van der Waals surface area contributed by atoms with Gasteiger partial charge in [0.2, 0.25) is 0 Å². The number of carbonyl (C=O) groups is 1. The van der Waals surface area contributed by atoms with Gasteiger partial charge in [0.1, 0.15) is 5.69 Å². The van der Waals surface area contributed by atoms with Crippen molar-refractivity contribution >= 4 is 5.91 Å². The molecule has 0 aromatic carbocycles. The fourth-order valence-corrected chi connectivity index (χ4v) is 3.89. The number of aromatic nitrogens is 2. The summed E-state index contributed by atoms with van der Waals surface area (Å²) in [5.74, 6) is 1.43. The van der Waals surface area contributed by atoms with Crippen LogP contribution in [0.2, 0.25) is 0 Å². The maximum absolute atomic E-state index is 12.4.